The van der Waals surface area contributed by atoms with Crippen molar-refractivity contribution in [3.05, 3.63) is 41.0 Å². The molecule has 0 aliphatic carbocycles. The number of hydrazine groups is 1. The summed E-state index contributed by atoms with van der Waals surface area (Å²) in [5.74, 6) is 2.70. The molecule has 1 heterocycles. The molecule has 0 spiro atoms. The average molecular weight is 257 g/mol. The van der Waals surface area contributed by atoms with Gasteiger partial charge in [-0.15, -0.1) is 17.8 Å². The van der Waals surface area contributed by atoms with Gasteiger partial charge >= 0.3 is 0 Å². The minimum Gasteiger partial charge on any atom is -0.259 e. The minimum absolute atomic E-state index is 0.119. The van der Waals surface area contributed by atoms with Crippen molar-refractivity contribution >= 4 is 11.3 Å². The predicted octanol–water partition coefficient (Wildman–Crippen LogP) is 2.52. The van der Waals surface area contributed by atoms with Crippen molar-refractivity contribution in [2.75, 3.05) is 7.05 Å². The molecule has 2 N–H and O–H groups in total. The largest absolute Gasteiger partial charge is 0.259 e. The lowest BCUT2D eigenvalue weighted by molar-refractivity contribution is 0.553. The summed E-state index contributed by atoms with van der Waals surface area (Å²) < 4.78 is 0. The highest BCUT2D eigenvalue weighted by Crippen LogP contribution is 2.28. The lowest BCUT2D eigenvalue weighted by Gasteiger charge is -2.12. The smallest absolute Gasteiger partial charge is 0.107 e. The maximum absolute atomic E-state index is 5.49. The van der Waals surface area contributed by atoms with E-state index in [1.54, 1.807) is 18.4 Å². The van der Waals surface area contributed by atoms with Crippen LogP contribution in [0, 0.1) is 19.3 Å². The topological polar surface area (TPSA) is 37.0 Å². The van der Waals surface area contributed by atoms with Crippen LogP contribution in [0.4, 0.5) is 0 Å². The van der Waals surface area contributed by atoms with Crippen molar-refractivity contribution in [1.29, 1.82) is 0 Å². The zero-order chi connectivity index (χ0) is 13.0. The van der Waals surface area contributed by atoms with Gasteiger partial charge in [0.05, 0.1) is 16.1 Å². The molecule has 0 fully saturated rings. The second-order valence-corrected chi connectivity index (χ2v) is 4.74. The van der Waals surface area contributed by atoms with E-state index in [-0.39, 0.29) is 6.04 Å². The number of nitrogens with zero attached hydrogens (tertiary/aromatic N) is 1. The fourth-order valence-electron chi connectivity index (χ4n) is 1.77. The highest BCUT2D eigenvalue weighted by molar-refractivity contribution is 7.13. The van der Waals surface area contributed by atoms with Crippen molar-refractivity contribution in [2.45, 2.75) is 13.0 Å². The number of benzene rings is 1. The van der Waals surface area contributed by atoms with Crippen LogP contribution in [0.5, 0.6) is 0 Å². The molecule has 0 aliphatic rings. The maximum Gasteiger partial charge on any atom is 0.107 e. The van der Waals surface area contributed by atoms with E-state index < -0.39 is 0 Å². The molecular weight excluding hydrogens is 242 g/mol. The number of thiazole rings is 1. The van der Waals surface area contributed by atoms with E-state index in [4.69, 9.17) is 6.42 Å². The Morgan fingerprint density at radius 1 is 1.33 bits per heavy atom. The van der Waals surface area contributed by atoms with E-state index in [0.29, 0.717) is 0 Å². The van der Waals surface area contributed by atoms with E-state index >= 15 is 0 Å². The number of rotatable bonds is 4. The molecule has 0 unspecified atom stereocenters. The first-order valence-electron chi connectivity index (χ1n) is 5.65. The highest BCUT2D eigenvalue weighted by Gasteiger charge is 2.08. The van der Waals surface area contributed by atoms with Crippen molar-refractivity contribution in [3.8, 4) is 22.8 Å². The lowest BCUT2D eigenvalue weighted by atomic mass is 10.0. The average Bonchev–Trinajstić information content (AvgIpc) is 2.82. The zero-order valence-corrected chi connectivity index (χ0v) is 11.2. The molecule has 1 aromatic carbocycles. The Morgan fingerprint density at radius 3 is 2.56 bits per heavy atom. The molecule has 0 saturated heterocycles. The second kappa shape index (κ2) is 5.78. The number of terminal acetylenes is 1. The summed E-state index contributed by atoms with van der Waals surface area (Å²) >= 11 is 1.65. The van der Waals surface area contributed by atoms with Gasteiger partial charge in [0.2, 0.25) is 0 Å². The van der Waals surface area contributed by atoms with E-state index in [0.717, 1.165) is 11.3 Å². The van der Waals surface area contributed by atoms with Crippen LogP contribution in [-0.2, 0) is 0 Å². The first-order valence-corrected chi connectivity index (χ1v) is 6.53. The molecule has 3 nitrogen and oxygen atoms in total. The molecule has 0 amide bonds. The summed E-state index contributed by atoms with van der Waals surface area (Å²) in [5, 5.41) is 0. The number of hydrogen-bond donors (Lipinski definition) is 2. The zero-order valence-electron chi connectivity index (χ0n) is 10.4. The van der Waals surface area contributed by atoms with Crippen LogP contribution in [0.15, 0.2) is 29.8 Å². The summed E-state index contributed by atoms with van der Waals surface area (Å²) in [4.78, 5) is 5.47. The van der Waals surface area contributed by atoms with Gasteiger partial charge in [-0.3, -0.25) is 5.43 Å². The van der Waals surface area contributed by atoms with Gasteiger partial charge in [-0.1, -0.05) is 30.2 Å². The van der Waals surface area contributed by atoms with Gasteiger partial charge in [0.1, 0.15) is 6.04 Å². The molecule has 2 rings (SSSR count). The van der Waals surface area contributed by atoms with Gasteiger partial charge in [-0.25, -0.2) is 10.4 Å². The Kier molecular flexibility index (Phi) is 4.11. The molecule has 0 aliphatic heterocycles. The molecule has 0 bridgehead atoms. The molecule has 4 heteroatoms. The van der Waals surface area contributed by atoms with Crippen molar-refractivity contribution in [2.24, 2.45) is 0 Å². The number of nitrogens with one attached hydrogen (secondary N) is 2. The molecule has 92 valence electrons. The Labute approximate surface area is 111 Å². The fourth-order valence-corrected chi connectivity index (χ4v) is 2.58. The molecule has 0 radical (unpaired) electrons. The number of aromatic nitrogens is 1. The standard InChI is InChI=1S/C14H15N3S/c1-4-13(17-15-3)11-5-7-12(8-6-11)14-10(2)16-9-18-14/h1,5-9,13,15,17H,2-3H3/t13-/m0/s1. The van der Waals surface area contributed by atoms with Gasteiger partial charge in [-0.2, -0.15) is 0 Å². The molecule has 1 aromatic heterocycles. The van der Waals surface area contributed by atoms with Gasteiger partial charge in [0, 0.05) is 0 Å². The van der Waals surface area contributed by atoms with Crippen LogP contribution in [0.1, 0.15) is 17.3 Å². The van der Waals surface area contributed by atoms with Gasteiger partial charge in [-0.05, 0) is 25.1 Å². The molecule has 1 atom stereocenters. The highest BCUT2D eigenvalue weighted by atomic mass is 32.1. The van der Waals surface area contributed by atoms with Gasteiger partial charge in [0.25, 0.3) is 0 Å². The van der Waals surface area contributed by atoms with Crippen LogP contribution in [0.25, 0.3) is 10.4 Å². The Balaban J connectivity index is 2.26. The summed E-state index contributed by atoms with van der Waals surface area (Å²) in [7, 11) is 1.80. The van der Waals surface area contributed by atoms with Crippen LogP contribution in [-0.4, -0.2) is 12.0 Å². The molecule has 0 saturated carbocycles. The minimum atomic E-state index is -0.119. The summed E-state index contributed by atoms with van der Waals surface area (Å²) in [6.07, 6.45) is 5.49. The number of hydrogen-bond acceptors (Lipinski definition) is 4. The maximum atomic E-state index is 5.49. The third kappa shape index (κ3) is 2.59. The normalized spacial score (nSPS) is 12.1. The summed E-state index contributed by atoms with van der Waals surface area (Å²) in [6, 6.07) is 8.13. The summed E-state index contributed by atoms with van der Waals surface area (Å²) in [5.41, 5.74) is 11.1. The Bertz CT molecular complexity index is 551. The van der Waals surface area contributed by atoms with E-state index in [2.05, 4.69) is 33.9 Å². The van der Waals surface area contributed by atoms with Crippen LogP contribution < -0.4 is 10.9 Å². The number of aryl methyl sites for hydroxylation is 1. The Hall–Kier alpha value is -1.67. The van der Waals surface area contributed by atoms with E-state index in [1.165, 1.54) is 10.4 Å². The molecule has 2 aromatic rings. The van der Waals surface area contributed by atoms with Crippen LogP contribution in [0.2, 0.25) is 0 Å². The van der Waals surface area contributed by atoms with Crippen molar-refractivity contribution in [1.82, 2.24) is 15.8 Å². The van der Waals surface area contributed by atoms with Crippen molar-refractivity contribution in [3.63, 3.8) is 0 Å². The van der Waals surface area contributed by atoms with Gasteiger partial charge < -0.3 is 0 Å². The summed E-state index contributed by atoms with van der Waals surface area (Å²) in [6.45, 7) is 2.02. The van der Waals surface area contributed by atoms with Crippen LogP contribution >= 0.6 is 11.3 Å². The molecular formula is C14H15N3S. The van der Waals surface area contributed by atoms with Crippen molar-refractivity contribution < 1.29 is 0 Å². The lowest BCUT2D eigenvalue weighted by Crippen LogP contribution is -2.31. The fraction of sp³-hybridized carbons (Fsp3) is 0.214. The van der Waals surface area contributed by atoms with E-state index in [1.807, 2.05) is 24.6 Å². The third-order valence-electron chi connectivity index (χ3n) is 2.71. The second-order valence-electron chi connectivity index (χ2n) is 3.88. The molecule has 18 heavy (non-hydrogen) atoms. The predicted molar refractivity (Wildman–Crippen MR) is 76.1 cm³/mol. The van der Waals surface area contributed by atoms with Crippen LogP contribution in [0.3, 0.4) is 0 Å². The third-order valence-corrected chi connectivity index (χ3v) is 3.68. The Morgan fingerprint density at radius 2 is 2.06 bits per heavy atom. The quantitative estimate of drug-likeness (QED) is 0.653. The first kappa shape index (κ1) is 12.8. The first-order chi connectivity index (χ1) is 8.76. The SMILES string of the molecule is C#C[C@H](NNC)c1ccc(-c2scnc2C)cc1. The monoisotopic (exact) mass is 257 g/mol. The van der Waals surface area contributed by atoms with E-state index in [9.17, 15) is 0 Å². The van der Waals surface area contributed by atoms with Gasteiger partial charge in [0.15, 0.2) is 0 Å².